The third kappa shape index (κ3) is 3.46. The minimum Gasteiger partial charge on any atom is -0.482 e. The average molecular weight is 334 g/mol. The second-order valence-corrected chi connectivity index (χ2v) is 5.76. The molecule has 2 amide bonds. The number of nitrogens with one attached hydrogen (secondary N) is 1. The van der Waals surface area contributed by atoms with Crippen LogP contribution in [0.5, 0.6) is 5.75 Å². The normalized spacial score (nSPS) is 17.8. The fraction of sp³-hybridized carbons (Fsp3) is 0.467. The quantitative estimate of drug-likeness (QED) is 0.646. The molecular weight excluding hydrogens is 316 g/mol. The number of carbonyl (C=O) groups excluding carboxylic acids is 2. The van der Waals surface area contributed by atoms with Gasteiger partial charge in [0.05, 0.1) is 10.6 Å². The Bertz CT molecular complexity index is 672. The summed E-state index contributed by atoms with van der Waals surface area (Å²) in [6.07, 6.45) is 3.18. The van der Waals surface area contributed by atoms with Crippen molar-refractivity contribution in [1.82, 2.24) is 10.4 Å². The second kappa shape index (κ2) is 6.83. The Balaban J connectivity index is 1.75. The van der Waals surface area contributed by atoms with Crippen molar-refractivity contribution in [2.24, 2.45) is 0 Å². The Hall–Kier alpha value is -2.68. The number of anilines is 1. The third-order valence-corrected chi connectivity index (χ3v) is 4.04. The number of nitro benzene ring substituents is 1. The van der Waals surface area contributed by atoms with E-state index < -0.39 is 10.8 Å². The number of carbonyl (C=O) groups is 2. The molecule has 9 heteroatoms. The number of nitrogens with zero attached hydrogens (tertiary/aromatic N) is 3. The SMILES string of the molecule is O=C(CN1C(=O)COc2ccc([N+](=O)[O-])cc21)NN1CCCCC1. The number of piperidine rings is 1. The van der Waals surface area contributed by atoms with Crippen LogP contribution in [0.2, 0.25) is 0 Å². The molecular formula is C15H18N4O5. The maximum atomic E-state index is 12.2. The molecule has 24 heavy (non-hydrogen) atoms. The molecule has 0 atom stereocenters. The Labute approximate surface area is 138 Å². The molecule has 1 aromatic carbocycles. The first-order valence-corrected chi connectivity index (χ1v) is 7.80. The first-order chi connectivity index (χ1) is 11.5. The van der Waals surface area contributed by atoms with Gasteiger partial charge < -0.3 is 4.74 Å². The summed E-state index contributed by atoms with van der Waals surface area (Å²) in [5, 5.41) is 12.8. The van der Waals surface area contributed by atoms with Gasteiger partial charge in [-0.05, 0) is 18.9 Å². The van der Waals surface area contributed by atoms with E-state index in [0.717, 1.165) is 32.4 Å². The first-order valence-electron chi connectivity index (χ1n) is 7.80. The van der Waals surface area contributed by atoms with Gasteiger partial charge in [-0.15, -0.1) is 0 Å². The molecule has 0 aromatic heterocycles. The number of amides is 2. The zero-order chi connectivity index (χ0) is 17.1. The number of non-ortho nitro benzene ring substituents is 1. The number of rotatable bonds is 4. The van der Waals surface area contributed by atoms with E-state index >= 15 is 0 Å². The van der Waals surface area contributed by atoms with E-state index in [1.807, 2.05) is 5.01 Å². The van der Waals surface area contributed by atoms with Crippen molar-refractivity contribution in [1.29, 1.82) is 0 Å². The van der Waals surface area contributed by atoms with Crippen molar-refractivity contribution in [3.05, 3.63) is 28.3 Å². The molecule has 2 aliphatic heterocycles. The van der Waals surface area contributed by atoms with Gasteiger partial charge in [0.1, 0.15) is 12.3 Å². The summed E-state index contributed by atoms with van der Waals surface area (Å²) in [5.74, 6) is -0.382. The molecule has 0 radical (unpaired) electrons. The van der Waals surface area contributed by atoms with Gasteiger partial charge in [-0.2, -0.15) is 0 Å². The molecule has 0 saturated carbocycles. The van der Waals surface area contributed by atoms with Gasteiger partial charge in [-0.1, -0.05) is 6.42 Å². The van der Waals surface area contributed by atoms with E-state index in [4.69, 9.17) is 4.74 Å². The van der Waals surface area contributed by atoms with Gasteiger partial charge in [-0.3, -0.25) is 30.0 Å². The molecule has 0 bridgehead atoms. The average Bonchev–Trinajstić information content (AvgIpc) is 2.58. The maximum absolute atomic E-state index is 12.2. The summed E-state index contributed by atoms with van der Waals surface area (Å²) in [7, 11) is 0. The molecule has 3 rings (SSSR count). The summed E-state index contributed by atoms with van der Waals surface area (Å²) < 4.78 is 5.28. The smallest absolute Gasteiger partial charge is 0.271 e. The Morgan fingerprint density at radius 2 is 2.04 bits per heavy atom. The molecule has 0 spiro atoms. The third-order valence-electron chi connectivity index (χ3n) is 4.04. The van der Waals surface area contributed by atoms with Crippen molar-refractivity contribution in [3.8, 4) is 5.75 Å². The molecule has 1 saturated heterocycles. The summed E-state index contributed by atoms with van der Waals surface area (Å²) >= 11 is 0. The molecule has 2 aliphatic rings. The van der Waals surface area contributed by atoms with E-state index in [0.29, 0.717) is 5.75 Å². The zero-order valence-corrected chi connectivity index (χ0v) is 13.1. The molecule has 1 N–H and O–H groups in total. The van der Waals surface area contributed by atoms with Crippen LogP contribution in [0.15, 0.2) is 18.2 Å². The Morgan fingerprint density at radius 3 is 2.75 bits per heavy atom. The lowest BCUT2D eigenvalue weighted by Gasteiger charge is -2.31. The van der Waals surface area contributed by atoms with Crippen molar-refractivity contribution in [3.63, 3.8) is 0 Å². The molecule has 1 aromatic rings. The number of fused-ring (bicyclic) bond motifs is 1. The van der Waals surface area contributed by atoms with Crippen LogP contribution >= 0.6 is 0 Å². The fourth-order valence-electron chi connectivity index (χ4n) is 2.84. The highest BCUT2D eigenvalue weighted by molar-refractivity contribution is 6.02. The number of hydrogen-bond acceptors (Lipinski definition) is 6. The van der Waals surface area contributed by atoms with Gasteiger partial charge in [0.15, 0.2) is 6.61 Å². The van der Waals surface area contributed by atoms with Crippen molar-refractivity contribution < 1.29 is 19.2 Å². The highest BCUT2D eigenvalue weighted by Crippen LogP contribution is 2.35. The van der Waals surface area contributed by atoms with Crippen LogP contribution in [-0.4, -0.2) is 48.0 Å². The second-order valence-electron chi connectivity index (χ2n) is 5.76. The van der Waals surface area contributed by atoms with Crippen LogP contribution in [0.1, 0.15) is 19.3 Å². The van der Waals surface area contributed by atoms with Gasteiger partial charge >= 0.3 is 0 Å². The molecule has 9 nitrogen and oxygen atoms in total. The minimum absolute atomic E-state index is 0.159. The topological polar surface area (TPSA) is 105 Å². The number of hydrazine groups is 1. The number of benzene rings is 1. The van der Waals surface area contributed by atoms with Gasteiger partial charge in [0.25, 0.3) is 17.5 Å². The lowest BCUT2D eigenvalue weighted by atomic mass is 10.2. The van der Waals surface area contributed by atoms with Gasteiger partial charge in [0.2, 0.25) is 0 Å². The maximum Gasteiger partial charge on any atom is 0.271 e. The van der Waals surface area contributed by atoms with Crippen LogP contribution in [-0.2, 0) is 9.59 Å². The summed E-state index contributed by atoms with van der Waals surface area (Å²) in [4.78, 5) is 35.9. The standard InChI is InChI=1S/C15H18N4O5/c20-14(16-17-6-2-1-3-7-17)9-18-12-8-11(19(22)23)4-5-13(12)24-10-15(18)21/h4-5,8H,1-3,6-7,9-10H2,(H,16,20). The van der Waals surface area contributed by atoms with Crippen LogP contribution < -0.4 is 15.1 Å². The fourth-order valence-corrected chi connectivity index (χ4v) is 2.84. The van der Waals surface area contributed by atoms with Crippen LogP contribution in [0.4, 0.5) is 11.4 Å². The molecule has 1 fully saturated rings. The lowest BCUT2D eigenvalue weighted by Crippen LogP contribution is -2.51. The van der Waals surface area contributed by atoms with Crippen molar-refractivity contribution in [2.75, 3.05) is 31.1 Å². The Kier molecular flexibility index (Phi) is 4.61. The highest BCUT2D eigenvalue weighted by atomic mass is 16.6. The lowest BCUT2D eigenvalue weighted by molar-refractivity contribution is -0.384. The van der Waals surface area contributed by atoms with Crippen molar-refractivity contribution >= 4 is 23.2 Å². The minimum atomic E-state index is -0.550. The number of hydrogen-bond donors (Lipinski definition) is 1. The van der Waals surface area contributed by atoms with E-state index in [2.05, 4.69) is 5.43 Å². The van der Waals surface area contributed by atoms with E-state index in [1.54, 1.807) is 0 Å². The van der Waals surface area contributed by atoms with E-state index in [9.17, 15) is 19.7 Å². The van der Waals surface area contributed by atoms with Gasteiger partial charge in [0, 0.05) is 25.2 Å². The first kappa shape index (κ1) is 16.2. The summed E-state index contributed by atoms with van der Waals surface area (Å²) in [6, 6.07) is 4.00. The molecule has 0 unspecified atom stereocenters. The van der Waals surface area contributed by atoms with Gasteiger partial charge in [-0.25, -0.2) is 5.01 Å². The molecule has 128 valence electrons. The van der Waals surface area contributed by atoms with E-state index in [-0.39, 0.29) is 30.4 Å². The van der Waals surface area contributed by atoms with E-state index in [1.165, 1.54) is 23.1 Å². The predicted octanol–water partition coefficient (Wildman–Crippen LogP) is 0.837. The Morgan fingerprint density at radius 1 is 1.29 bits per heavy atom. The molecule has 2 heterocycles. The van der Waals surface area contributed by atoms with Crippen LogP contribution in [0.25, 0.3) is 0 Å². The van der Waals surface area contributed by atoms with Crippen LogP contribution in [0, 0.1) is 10.1 Å². The highest BCUT2D eigenvalue weighted by Gasteiger charge is 2.29. The van der Waals surface area contributed by atoms with Crippen molar-refractivity contribution in [2.45, 2.75) is 19.3 Å². The largest absolute Gasteiger partial charge is 0.482 e. The number of nitro groups is 1. The number of ether oxygens (including phenoxy) is 1. The predicted molar refractivity (Wildman–Crippen MR) is 84.5 cm³/mol. The monoisotopic (exact) mass is 334 g/mol. The van der Waals surface area contributed by atoms with Crippen LogP contribution in [0.3, 0.4) is 0 Å². The summed E-state index contributed by atoms with van der Waals surface area (Å²) in [5.41, 5.74) is 2.87. The zero-order valence-electron chi connectivity index (χ0n) is 13.1. The summed E-state index contributed by atoms with van der Waals surface area (Å²) in [6.45, 7) is 1.17. The molecule has 0 aliphatic carbocycles.